The molecule has 6 nitrogen and oxygen atoms in total. The fourth-order valence-electron chi connectivity index (χ4n) is 3.62. The Labute approximate surface area is 172 Å². The number of hydrogen-bond acceptors (Lipinski definition) is 5. The van der Waals surface area contributed by atoms with Crippen molar-refractivity contribution in [3.05, 3.63) is 41.1 Å². The third-order valence-corrected chi connectivity index (χ3v) is 5.03. The van der Waals surface area contributed by atoms with Gasteiger partial charge in [-0.25, -0.2) is 19.2 Å². The van der Waals surface area contributed by atoms with Crippen LogP contribution in [0.2, 0.25) is 0 Å². The van der Waals surface area contributed by atoms with E-state index in [1.54, 1.807) is 11.0 Å². The zero-order valence-electron chi connectivity index (χ0n) is 18.0. The third kappa shape index (κ3) is 5.55. The van der Waals surface area contributed by atoms with Crippen LogP contribution in [0.4, 0.5) is 15.0 Å². The van der Waals surface area contributed by atoms with E-state index < -0.39 is 5.60 Å². The first-order chi connectivity index (χ1) is 13.6. The van der Waals surface area contributed by atoms with E-state index in [4.69, 9.17) is 14.7 Å². The predicted octanol–water partition coefficient (Wildman–Crippen LogP) is 3.85. The highest BCUT2D eigenvalue weighted by Gasteiger charge is 2.27. The number of hydrogen-bond donors (Lipinski definition) is 0. The second-order valence-electron chi connectivity index (χ2n) is 8.90. The molecule has 0 fully saturated rings. The van der Waals surface area contributed by atoms with Gasteiger partial charge in [0.1, 0.15) is 23.1 Å². The van der Waals surface area contributed by atoms with E-state index in [1.165, 1.54) is 6.08 Å². The van der Waals surface area contributed by atoms with E-state index >= 15 is 0 Å². The highest BCUT2D eigenvalue weighted by molar-refractivity contribution is 5.68. The van der Waals surface area contributed by atoms with Crippen molar-refractivity contribution in [2.24, 2.45) is 5.92 Å². The molecule has 1 unspecified atom stereocenters. The van der Waals surface area contributed by atoms with Crippen molar-refractivity contribution in [1.29, 1.82) is 0 Å². The van der Waals surface area contributed by atoms with Crippen LogP contribution < -0.4 is 4.90 Å². The van der Waals surface area contributed by atoms with E-state index in [-0.39, 0.29) is 17.8 Å². The molecule has 1 aliphatic heterocycles. The molecular formula is C22H31FN4O2. The molecule has 0 bridgehead atoms. The molecule has 0 saturated heterocycles. The van der Waals surface area contributed by atoms with Gasteiger partial charge in [0, 0.05) is 45.6 Å². The fourth-order valence-corrected chi connectivity index (χ4v) is 3.62. The highest BCUT2D eigenvalue weighted by atomic mass is 19.1. The van der Waals surface area contributed by atoms with Crippen LogP contribution in [0.1, 0.15) is 44.3 Å². The van der Waals surface area contributed by atoms with Crippen LogP contribution in [0.15, 0.2) is 24.1 Å². The molecule has 7 heteroatoms. The van der Waals surface area contributed by atoms with Gasteiger partial charge in [-0.2, -0.15) is 0 Å². The lowest BCUT2D eigenvalue weighted by Gasteiger charge is -2.26. The van der Waals surface area contributed by atoms with Crippen LogP contribution in [-0.4, -0.2) is 53.7 Å². The van der Waals surface area contributed by atoms with Crippen LogP contribution in [0, 0.1) is 5.92 Å². The molecule has 29 heavy (non-hydrogen) atoms. The normalized spacial score (nSPS) is 19.3. The van der Waals surface area contributed by atoms with Crippen molar-refractivity contribution in [2.45, 2.75) is 52.1 Å². The van der Waals surface area contributed by atoms with Crippen molar-refractivity contribution < 1.29 is 13.9 Å². The number of amides is 1. The zero-order chi connectivity index (χ0) is 21.2. The summed E-state index contributed by atoms with van der Waals surface area (Å²) < 4.78 is 18.8. The molecule has 0 N–H and O–H groups in total. The summed E-state index contributed by atoms with van der Waals surface area (Å²) in [6.07, 6.45) is 7.43. The SMILES string of the molecule is CN(C)c1nc(CC2C=CC(F)=CC2)nc2c1CCN(C(=O)OC(C)(C)C)CC2. The summed E-state index contributed by atoms with van der Waals surface area (Å²) in [5, 5.41) is 0. The minimum absolute atomic E-state index is 0.180. The summed E-state index contributed by atoms with van der Waals surface area (Å²) in [4.78, 5) is 25.9. The Bertz CT molecular complexity index is 827. The third-order valence-electron chi connectivity index (χ3n) is 5.03. The Balaban J connectivity index is 1.79. The van der Waals surface area contributed by atoms with Gasteiger partial charge in [0.2, 0.25) is 0 Å². The number of allylic oxidation sites excluding steroid dienone is 4. The highest BCUT2D eigenvalue weighted by Crippen LogP contribution is 2.26. The number of carbonyl (C=O) groups is 1. The monoisotopic (exact) mass is 402 g/mol. The van der Waals surface area contributed by atoms with E-state index in [0.29, 0.717) is 38.8 Å². The number of nitrogens with zero attached hydrogens (tertiary/aromatic N) is 4. The van der Waals surface area contributed by atoms with Crippen molar-refractivity contribution in [1.82, 2.24) is 14.9 Å². The summed E-state index contributed by atoms with van der Waals surface area (Å²) in [6, 6.07) is 0. The van der Waals surface area contributed by atoms with E-state index in [2.05, 4.69) is 0 Å². The molecule has 3 rings (SSSR count). The molecule has 2 heterocycles. The molecule has 0 radical (unpaired) electrons. The van der Waals surface area contributed by atoms with Crippen LogP contribution >= 0.6 is 0 Å². The molecule has 1 atom stereocenters. The van der Waals surface area contributed by atoms with Crippen LogP contribution in [0.25, 0.3) is 0 Å². The summed E-state index contributed by atoms with van der Waals surface area (Å²) in [6.45, 7) is 6.78. The van der Waals surface area contributed by atoms with Crippen molar-refractivity contribution in [3.63, 3.8) is 0 Å². The maximum atomic E-state index is 13.2. The van der Waals surface area contributed by atoms with E-state index in [0.717, 1.165) is 22.9 Å². The first-order valence-electron chi connectivity index (χ1n) is 10.2. The second-order valence-corrected chi connectivity index (χ2v) is 8.90. The van der Waals surface area contributed by atoms with Gasteiger partial charge in [0.05, 0.1) is 5.69 Å². The first-order valence-corrected chi connectivity index (χ1v) is 10.2. The van der Waals surface area contributed by atoms with Crippen LogP contribution in [0.5, 0.6) is 0 Å². The van der Waals surface area contributed by atoms with Gasteiger partial charge in [0.15, 0.2) is 0 Å². The lowest BCUT2D eigenvalue weighted by molar-refractivity contribution is 0.0258. The Kier molecular flexibility index (Phi) is 6.24. The van der Waals surface area contributed by atoms with Crippen molar-refractivity contribution in [2.75, 3.05) is 32.1 Å². The minimum Gasteiger partial charge on any atom is -0.444 e. The van der Waals surface area contributed by atoms with E-state index in [9.17, 15) is 9.18 Å². The Morgan fingerprint density at radius 2 is 2.00 bits per heavy atom. The summed E-state index contributed by atoms with van der Waals surface area (Å²) in [5.74, 6) is 1.69. The molecule has 1 aliphatic carbocycles. The number of carbonyl (C=O) groups excluding carboxylic acids is 1. The Morgan fingerprint density at radius 3 is 2.62 bits per heavy atom. The van der Waals surface area contributed by atoms with E-state index in [1.807, 2.05) is 45.8 Å². The fraction of sp³-hybridized carbons (Fsp3) is 0.591. The van der Waals surface area contributed by atoms with Gasteiger partial charge in [-0.1, -0.05) is 6.08 Å². The van der Waals surface area contributed by atoms with Gasteiger partial charge in [-0.3, -0.25) is 0 Å². The maximum Gasteiger partial charge on any atom is 0.410 e. The minimum atomic E-state index is -0.514. The number of fused-ring (bicyclic) bond motifs is 1. The van der Waals surface area contributed by atoms with Gasteiger partial charge in [-0.05, 0) is 51.7 Å². The maximum absolute atomic E-state index is 13.2. The van der Waals surface area contributed by atoms with Crippen LogP contribution in [-0.2, 0) is 24.0 Å². The molecule has 0 spiro atoms. The molecular weight excluding hydrogens is 371 g/mol. The average Bonchev–Trinajstić information content (AvgIpc) is 2.84. The van der Waals surface area contributed by atoms with Gasteiger partial charge in [-0.15, -0.1) is 0 Å². The molecule has 1 amide bonds. The predicted molar refractivity (Wildman–Crippen MR) is 112 cm³/mol. The Hall–Kier alpha value is -2.44. The summed E-state index contributed by atoms with van der Waals surface area (Å²) >= 11 is 0. The van der Waals surface area contributed by atoms with Gasteiger partial charge in [0.25, 0.3) is 0 Å². The van der Waals surface area contributed by atoms with Crippen LogP contribution in [0.3, 0.4) is 0 Å². The molecule has 158 valence electrons. The standard InChI is InChI=1S/C22H31FN4O2/c1-22(2,3)29-21(28)27-12-10-17-18(11-13-27)24-19(25-20(17)26(4)5)14-15-6-8-16(23)9-7-15/h6,8-9,15H,7,10-14H2,1-5H3. The van der Waals surface area contributed by atoms with Gasteiger partial charge >= 0.3 is 6.09 Å². The molecule has 1 aromatic heterocycles. The number of halogens is 1. The average molecular weight is 403 g/mol. The molecule has 0 aromatic carbocycles. The quantitative estimate of drug-likeness (QED) is 0.769. The number of anilines is 1. The molecule has 0 saturated carbocycles. The van der Waals surface area contributed by atoms with Crippen molar-refractivity contribution in [3.8, 4) is 0 Å². The lowest BCUT2D eigenvalue weighted by atomic mass is 9.96. The molecule has 2 aliphatic rings. The molecule has 1 aromatic rings. The van der Waals surface area contributed by atoms with Gasteiger partial charge < -0.3 is 14.5 Å². The topological polar surface area (TPSA) is 58.6 Å². The smallest absolute Gasteiger partial charge is 0.410 e. The zero-order valence-corrected chi connectivity index (χ0v) is 18.0. The second kappa shape index (κ2) is 8.51. The largest absolute Gasteiger partial charge is 0.444 e. The Morgan fingerprint density at radius 1 is 1.28 bits per heavy atom. The van der Waals surface area contributed by atoms with Crippen molar-refractivity contribution >= 4 is 11.9 Å². The first kappa shape index (κ1) is 21.3. The number of rotatable bonds is 3. The summed E-state index contributed by atoms with van der Waals surface area (Å²) in [5.41, 5.74) is 1.57. The lowest BCUT2D eigenvalue weighted by Crippen LogP contribution is -2.38. The summed E-state index contributed by atoms with van der Waals surface area (Å²) in [7, 11) is 3.95. The number of aromatic nitrogens is 2. The number of ether oxygens (including phenoxy) is 1.